The van der Waals surface area contributed by atoms with Gasteiger partial charge in [-0.3, -0.25) is 4.79 Å². The number of hydrogen-bond donors (Lipinski definition) is 1. The molecular formula is C14H19NO3. The topological polar surface area (TPSA) is 47.6 Å². The fraction of sp³-hybridized carbons (Fsp3) is 0.357. The highest BCUT2D eigenvalue weighted by Crippen LogP contribution is 2.22. The minimum atomic E-state index is -0.383. The van der Waals surface area contributed by atoms with Gasteiger partial charge in [-0.1, -0.05) is 36.4 Å². The van der Waals surface area contributed by atoms with Crippen molar-refractivity contribution in [1.29, 1.82) is 0 Å². The second-order valence-electron chi connectivity index (χ2n) is 3.77. The van der Waals surface area contributed by atoms with E-state index in [0.29, 0.717) is 6.54 Å². The largest absolute Gasteiger partial charge is 0.353 e. The average molecular weight is 249 g/mol. The van der Waals surface area contributed by atoms with E-state index in [4.69, 9.17) is 9.47 Å². The second kappa shape index (κ2) is 7.63. The average Bonchev–Trinajstić information content (AvgIpc) is 2.37. The second-order valence-corrected chi connectivity index (χ2v) is 3.77. The van der Waals surface area contributed by atoms with E-state index in [1.165, 1.54) is 6.92 Å². The maximum Gasteiger partial charge on any atom is 0.217 e. The number of methoxy groups -OCH3 is 2. The van der Waals surface area contributed by atoms with Crippen LogP contribution in [-0.4, -0.2) is 26.7 Å². The van der Waals surface area contributed by atoms with Crippen LogP contribution in [0.2, 0.25) is 0 Å². The minimum Gasteiger partial charge on any atom is -0.353 e. The number of ether oxygens (including phenoxy) is 2. The SMILES string of the molecule is COC(OC)c1ccccc1C=CCNC(C)=O. The van der Waals surface area contributed by atoms with Gasteiger partial charge in [-0.05, 0) is 5.56 Å². The lowest BCUT2D eigenvalue weighted by molar-refractivity contribution is -0.118. The Morgan fingerprint density at radius 1 is 1.33 bits per heavy atom. The summed E-state index contributed by atoms with van der Waals surface area (Å²) in [6.45, 7) is 2.00. The standard InChI is InChI=1S/C14H19NO3/c1-11(16)15-10-6-8-12-7-4-5-9-13(12)14(17-2)18-3/h4-9,14H,10H2,1-3H3,(H,15,16). The molecular weight excluding hydrogens is 230 g/mol. The van der Waals surface area contributed by atoms with Gasteiger partial charge in [0.15, 0.2) is 6.29 Å². The molecule has 0 saturated carbocycles. The molecule has 0 aliphatic heterocycles. The van der Waals surface area contributed by atoms with Crippen LogP contribution < -0.4 is 5.32 Å². The van der Waals surface area contributed by atoms with Gasteiger partial charge in [0.2, 0.25) is 5.91 Å². The van der Waals surface area contributed by atoms with Gasteiger partial charge in [0.25, 0.3) is 0 Å². The fourth-order valence-corrected chi connectivity index (χ4v) is 1.62. The number of benzene rings is 1. The van der Waals surface area contributed by atoms with Crippen molar-refractivity contribution in [2.75, 3.05) is 20.8 Å². The zero-order valence-corrected chi connectivity index (χ0v) is 11.0. The van der Waals surface area contributed by atoms with Gasteiger partial charge < -0.3 is 14.8 Å². The van der Waals surface area contributed by atoms with Crippen molar-refractivity contribution >= 4 is 12.0 Å². The summed E-state index contributed by atoms with van der Waals surface area (Å²) in [5, 5.41) is 2.70. The first-order valence-electron chi connectivity index (χ1n) is 5.74. The van der Waals surface area contributed by atoms with Crippen molar-refractivity contribution in [2.45, 2.75) is 13.2 Å². The maximum absolute atomic E-state index is 10.7. The Morgan fingerprint density at radius 3 is 2.61 bits per heavy atom. The minimum absolute atomic E-state index is 0.0420. The Labute approximate surface area is 108 Å². The summed E-state index contributed by atoms with van der Waals surface area (Å²) in [7, 11) is 3.21. The predicted molar refractivity (Wildman–Crippen MR) is 70.9 cm³/mol. The third-order valence-electron chi connectivity index (χ3n) is 2.44. The quantitative estimate of drug-likeness (QED) is 0.786. The van der Waals surface area contributed by atoms with Gasteiger partial charge >= 0.3 is 0 Å². The number of nitrogens with one attached hydrogen (secondary N) is 1. The molecule has 0 bridgehead atoms. The lowest BCUT2D eigenvalue weighted by atomic mass is 10.1. The van der Waals surface area contributed by atoms with Gasteiger partial charge in [-0.25, -0.2) is 0 Å². The summed E-state index contributed by atoms with van der Waals surface area (Å²) in [6, 6.07) is 7.82. The van der Waals surface area contributed by atoms with Crippen molar-refractivity contribution in [3.8, 4) is 0 Å². The Balaban J connectivity index is 2.78. The number of amides is 1. The number of carbonyl (C=O) groups excluding carboxylic acids is 1. The van der Waals surface area contributed by atoms with Gasteiger partial charge in [0.05, 0.1) is 0 Å². The molecule has 0 saturated heterocycles. The van der Waals surface area contributed by atoms with Crippen LogP contribution in [-0.2, 0) is 14.3 Å². The summed E-state index contributed by atoms with van der Waals surface area (Å²) in [5.41, 5.74) is 1.97. The molecule has 4 heteroatoms. The first-order chi connectivity index (χ1) is 8.69. The normalized spacial score (nSPS) is 11.1. The summed E-state index contributed by atoms with van der Waals surface area (Å²) < 4.78 is 10.5. The Morgan fingerprint density at radius 2 is 2.00 bits per heavy atom. The van der Waals surface area contributed by atoms with E-state index in [9.17, 15) is 4.79 Å². The van der Waals surface area contributed by atoms with E-state index in [1.807, 2.05) is 36.4 Å². The molecule has 0 aliphatic carbocycles. The van der Waals surface area contributed by atoms with Crippen LogP contribution in [0.4, 0.5) is 0 Å². The zero-order chi connectivity index (χ0) is 13.4. The molecule has 0 unspecified atom stereocenters. The summed E-state index contributed by atoms with van der Waals surface area (Å²) in [4.78, 5) is 10.7. The molecule has 0 aliphatic rings. The molecule has 4 nitrogen and oxygen atoms in total. The molecule has 98 valence electrons. The van der Waals surface area contributed by atoms with E-state index >= 15 is 0 Å². The van der Waals surface area contributed by atoms with Crippen molar-refractivity contribution in [2.24, 2.45) is 0 Å². The van der Waals surface area contributed by atoms with Crippen LogP contribution in [0.3, 0.4) is 0 Å². The van der Waals surface area contributed by atoms with Crippen molar-refractivity contribution in [3.63, 3.8) is 0 Å². The molecule has 0 aromatic heterocycles. The molecule has 0 radical (unpaired) electrons. The molecule has 0 heterocycles. The Hall–Kier alpha value is -1.65. The van der Waals surface area contributed by atoms with Crippen molar-refractivity contribution in [1.82, 2.24) is 5.32 Å². The zero-order valence-electron chi connectivity index (χ0n) is 11.0. The van der Waals surface area contributed by atoms with Crippen molar-refractivity contribution in [3.05, 3.63) is 41.5 Å². The molecule has 0 atom stereocenters. The monoisotopic (exact) mass is 249 g/mol. The molecule has 0 spiro atoms. The maximum atomic E-state index is 10.7. The van der Waals surface area contributed by atoms with Gasteiger partial charge in [-0.2, -0.15) is 0 Å². The third-order valence-corrected chi connectivity index (χ3v) is 2.44. The molecule has 1 aromatic carbocycles. The van der Waals surface area contributed by atoms with Gasteiger partial charge in [-0.15, -0.1) is 0 Å². The highest BCUT2D eigenvalue weighted by atomic mass is 16.7. The van der Waals surface area contributed by atoms with E-state index < -0.39 is 0 Å². The number of hydrogen-bond acceptors (Lipinski definition) is 3. The number of rotatable bonds is 6. The molecule has 1 N–H and O–H groups in total. The highest BCUT2D eigenvalue weighted by molar-refractivity contribution is 5.73. The van der Waals surface area contributed by atoms with Crippen LogP contribution in [0.5, 0.6) is 0 Å². The van der Waals surface area contributed by atoms with E-state index in [-0.39, 0.29) is 12.2 Å². The van der Waals surface area contributed by atoms with E-state index in [2.05, 4.69) is 5.32 Å². The molecule has 1 aromatic rings. The summed E-state index contributed by atoms with van der Waals surface area (Å²) in [6.07, 6.45) is 3.45. The molecule has 18 heavy (non-hydrogen) atoms. The van der Waals surface area contributed by atoms with Crippen LogP contribution in [0.15, 0.2) is 30.3 Å². The highest BCUT2D eigenvalue weighted by Gasteiger charge is 2.11. The Kier molecular flexibility index (Phi) is 6.11. The Bertz CT molecular complexity index is 411. The molecule has 1 rings (SSSR count). The van der Waals surface area contributed by atoms with Crippen LogP contribution >= 0.6 is 0 Å². The smallest absolute Gasteiger partial charge is 0.217 e. The fourth-order valence-electron chi connectivity index (χ4n) is 1.62. The first-order valence-corrected chi connectivity index (χ1v) is 5.74. The molecule has 0 fully saturated rings. The summed E-state index contributed by atoms with van der Waals surface area (Å²) in [5.74, 6) is -0.0420. The molecule has 1 amide bonds. The van der Waals surface area contributed by atoms with Gasteiger partial charge in [0, 0.05) is 33.3 Å². The van der Waals surface area contributed by atoms with Crippen LogP contribution in [0, 0.1) is 0 Å². The van der Waals surface area contributed by atoms with E-state index in [1.54, 1.807) is 14.2 Å². The lowest BCUT2D eigenvalue weighted by Gasteiger charge is -2.16. The van der Waals surface area contributed by atoms with E-state index in [0.717, 1.165) is 11.1 Å². The van der Waals surface area contributed by atoms with Gasteiger partial charge in [0.1, 0.15) is 0 Å². The number of carbonyl (C=O) groups is 1. The predicted octanol–water partition coefficient (Wildman–Crippen LogP) is 2.13. The third kappa shape index (κ3) is 4.31. The van der Waals surface area contributed by atoms with Crippen LogP contribution in [0.1, 0.15) is 24.3 Å². The summed E-state index contributed by atoms with van der Waals surface area (Å²) >= 11 is 0. The first kappa shape index (κ1) is 14.4. The lowest BCUT2D eigenvalue weighted by Crippen LogP contribution is -2.19. The van der Waals surface area contributed by atoms with Crippen LogP contribution in [0.25, 0.3) is 6.08 Å². The van der Waals surface area contributed by atoms with Crippen molar-refractivity contribution < 1.29 is 14.3 Å².